The Hall–Kier alpha value is -2.73. The first-order chi connectivity index (χ1) is 16.4. The van der Waals surface area contributed by atoms with Gasteiger partial charge < -0.3 is 24.8 Å². The molecule has 1 aliphatic carbocycles. The maximum atomic E-state index is 6.07. The Morgan fingerprint density at radius 2 is 1.91 bits per heavy atom. The zero-order valence-electron chi connectivity index (χ0n) is 21.1. The molecule has 5 nitrogen and oxygen atoms in total. The SMILES string of the molecule is C=C(Nc1ccc(-c2c(N(C)C)c3ccc(OCCSC)cc3n2C2CCC2)cc1)NC(C)C. The highest BCUT2D eigenvalue weighted by molar-refractivity contribution is 7.98. The Morgan fingerprint density at radius 3 is 2.50 bits per heavy atom. The van der Waals surface area contributed by atoms with Gasteiger partial charge in [0.15, 0.2) is 0 Å². The number of nitrogens with zero attached hydrogens (tertiary/aromatic N) is 2. The van der Waals surface area contributed by atoms with Crippen LogP contribution in [0, 0.1) is 0 Å². The van der Waals surface area contributed by atoms with E-state index in [-0.39, 0.29) is 0 Å². The average Bonchev–Trinajstić information content (AvgIpc) is 3.07. The van der Waals surface area contributed by atoms with Crippen LogP contribution in [0.15, 0.2) is 54.9 Å². The molecule has 0 atom stereocenters. The molecule has 1 aliphatic rings. The van der Waals surface area contributed by atoms with E-state index in [1.54, 1.807) is 0 Å². The summed E-state index contributed by atoms with van der Waals surface area (Å²) in [5.74, 6) is 2.76. The van der Waals surface area contributed by atoms with Crippen LogP contribution in [0.1, 0.15) is 39.2 Å². The lowest BCUT2D eigenvalue weighted by Crippen LogP contribution is -2.25. The molecule has 2 N–H and O–H groups in total. The van der Waals surface area contributed by atoms with Crippen LogP contribution < -0.4 is 20.3 Å². The predicted octanol–water partition coefficient (Wildman–Crippen LogP) is 6.72. The highest BCUT2D eigenvalue weighted by Gasteiger charge is 2.28. The Balaban J connectivity index is 1.76. The molecule has 0 unspecified atom stereocenters. The Bertz CT molecular complexity index is 1130. The smallest absolute Gasteiger partial charge is 0.121 e. The summed E-state index contributed by atoms with van der Waals surface area (Å²) < 4.78 is 8.63. The lowest BCUT2D eigenvalue weighted by molar-refractivity contribution is 0.323. The van der Waals surface area contributed by atoms with Gasteiger partial charge in [-0.25, -0.2) is 0 Å². The molecule has 34 heavy (non-hydrogen) atoms. The van der Waals surface area contributed by atoms with Gasteiger partial charge in [-0.05, 0) is 63.6 Å². The van der Waals surface area contributed by atoms with E-state index >= 15 is 0 Å². The van der Waals surface area contributed by atoms with Crippen LogP contribution >= 0.6 is 11.8 Å². The number of thioether (sulfide) groups is 1. The van der Waals surface area contributed by atoms with Crippen LogP contribution in [0.25, 0.3) is 22.2 Å². The van der Waals surface area contributed by atoms with Crippen molar-refractivity contribution in [3.8, 4) is 17.0 Å². The minimum absolute atomic E-state index is 0.342. The highest BCUT2D eigenvalue weighted by atomic mass is 32.2. The normalized spacial score (nSPS) is 13.7. The van der Waals surface area contributed by atoms with Crippen molar-refractivity contribution in [2.24, 2.45) is 0 Å². The van der Waals surface area contributed by atoms with E-state index in [9.17, 15) is 0 Å². The number of hydrogen-bond donors (Lipinski definition) is 2. The van der Waals surface area contributed by atoms with Crippen molar-refractivity contribution in [3.63, 3.8) is 0 Å². The van der Waals surface area contributed by atoms with Gasteiger partial charge in [0.1, 0.15) is 5.75 Å². The molecule has 0 amide bonds. The zero-order chi connectivity index (χ0) is 24.2. The van der Waals surface area contributed by atoms with Crippen LogP contribution in [0.2, 0.25) is 0 Å². The van der Waals surface area contributed by atoms with Gasteiger partial charge in [-0.15, -0.1) is 0 Å². The number of ether oxygens (including phenoxy) is 1. The summed E-state index contributed by atoms with van der Waals surface area (Å²) in [5, 5.41) is 7.96. The van der Waals surface area contributed by atoms with Gasteiger partial charge in [0.2, 0.25) is 0 Å². The monoisotopic (exact) mass is 478 g/mol. The second kappa shape index (κ2) is 10.7. The highest BCUT2D eigenvalue weighted by Crippen LogP contribution is 2.47. The van der Waals surface area contributed by atoms with E-state index in [1.807, 2.05) is 11.8 Å². The summed E-state index contributed by atoms with van der Waals surface area (Å²) in [7, 11) is 4.29. The average molecular weight is 479 g/mol. The molecule has 1 aromatic heterocycles. The number of hydrogen-bond acceptors (Lipinski definition) is 5. The van der Waals surface area contributed by atoms with E-state index in [0.717, 1.165) is 29.6 Å². The molecule has 182 valence electrons. The van der Waals surface area contributed by atoms with Crippen LogP contribution in [0.5, 0.6) is 5.75 Å². The topological polar surface area (TPSA) is 41.5 Å². The fraction of sp³-hybridized carbons (Fsp3) is 0.429. The van der Waals surface area contributed by atoms with Gasteiger partial charge in [0.05, 0.1) is 29.3 Å². The fourth-order valence-corrected chi connectivity index (χ4v) is 4.88. The van der Waals surface area contributed by atoms with E-state index in [2.05, 4.69) is 103 Å². The molecule has 2 aromatic carbocycles. The molecule has 1 heterocycles. The lowest BCUT2D eigenvalue weighted by Gasteiger charge is -2.31. The molecule has 1 fully saturated rings. The molecule has 0 bridgehead atoms. The lowest BCUT2D eigenvalue weighted by atomic mass is 9.92. The molecule has 0 aliphatic heterocycles. The molecule has 1 saturated carbocycles. The number of aromatic nitrogens is 1. The number of anilines is 2. The summed E-state index contributed by atoms with van der Waals surface area (Å²) in [6, 6.07) is 16.2. The number of nitrogens with one attached hydrogen (secondary N) is 2. The van der Waals surface area contributed by atoms with Crippen molar-refractivity contribution >= 4 is 34.0 Å². The van der Waals surface area contributed by atoms with E-state index in [4.69, 9.17) is 4.74 Å². The molecule has 0 saturated heterocycles. The van der Waals surface area contributed by atoms with Crippen molar-refractivity contribution in [1.82, 2.24) is 9.88 Å². The summed E-state index contributed by atoms with van der Waals surface area (Å²) in [4.78, 5) is 2.25. The molecule has 6 heteroatoms. The van der Waals surface area contributed by atoms with Gasteiger partial charge in [-0.2, -0.15) is 11.8 Å². The molecule has 0 radical (unpaired) electrons. The first-order valence-corrected chi connectivity index (χ1v) is 13.6. The van der Waals surface area contributed by atoms with Crippen molar-refractivity contribution in [2.75, 3.05) is 42.9 Å². The molecule has 0 spiro atoms. The Morgan fingerprint density at radius 1 is 1.18 bits per heavy atom. The summed E-state index contributed by atoms with van der Waals surface area (Å²) in [5.41, 5.74) is 6.08. The van der Waals surface area contributed by atoms with Crippen LogP contribution in [0.3, 0.4) is 0 Å². The number of fused-ring (bicyclic) bond motifs is 1. The van der Waals surface area contributed by atoms with Crippen molar-refractivity contribution in [2.45, 2.75) is 45.2 Å². The fourth-order valence-electron chi connectivity index (χ4n) is 4.63. The Labute approximate surface area is 208 Å². The minimum Gasteiger partial charge on any atom is -0.493 e. The van der Waals surface area contributed by atoms with Gasteiger partial charge in [0, 0.05) is 54.6 Å². The second-order valence-corrected chi connectivity index (χ2v) is 10.5. The zero-order valence-corrected chi connectivity index (χ0v) is 22.0. The number of rotatable bonds is 11. The number of benzene rings is 2. The van der Waals surface area contributed by atoms with E-state index < -0.39 is 0 Å². The van der Waals surface area contributed by atoms with Crippen LogP contribution in [0.4, 0.5) is 11.4 Å². The molecule has 4 rings (SSSR count). The second-order valence-electron chi connectivity index (χ2n) is 9.55. The first-order valence-electron chi connectivity index (χ1n) is 12.2. The Kier molecular flexibility index (Phi) is 7.67. The summed E-state index contributed by atoms with van der Waals surface area (Å²) >= 11 is 1.81. The van der Waals surface area contributed by atoms with Gasteiger partial charge in [-0.1, -0.05) is 18.7 Å². The third kappa shape index (κ3) is 5.17. The van der Waals surface area contributed by atoms with Gasteiger partial charge in [0.25, 0.3) is 0 Å². The van der Waals surface area contributed by atoms with Gasteiger partial charge in [-0.3, -0.25) is 0 Å². The molecule has 3 aromatic rings. The third-order valence-electron chi connectivity index (χ3n) is 6.31. The minimum atomic E-state index is 0.342. The summed E-state index contributed by atoms with van der Waals surface area (Å²) in [6.07, 6.45) is 5.85. The first kappa shape index (κ1) is 24.4. The largest absolute Gasteiger partial charge is 0.493 e. The maximum absolute atomic E-state index is 6.07. The maximum Gasteiger partial charge on any atom is 0.121 e. The van der Waals surface area contributed by atoms with Crippen LogP contribution in [-0.2, 0) is 0 Å². The van der Waals surface area contributed by atoms with Crippen molar-refractivity contribution in [1.29, 1.82) is 0 Å². The van der Waals surface area contributed by atoms with Crippen LogP contribution in [-0.4, -0.2) is 43.3 Å². The summed E-state index contributed by atoms with van der Waals surface area (Å²) in [6.45, 7) is 9.03. The molecular formula is C28H38N4OS. The van der Waals surface area contributed by atoms with Crippen molar-refractivity contribution < 1.29 is 4.74 Å². The predicted molar refractivity (Wildman–Crippen MR) is 150 cm³/mol. The van der Waals surface area contributed by atoms with E-state index in [0.29, 0.717) is 12.1 Å². The third-order valence-corrected chi connectivity index (χ3v) is 6.88. The van der Waals surface area contributed by atoms with Crippen molar-refractivity contribution in [3.05, 3.63) is 54.9 Å². The molecular weight excluding hydrogens is 440 g/mol. The van der Waals surface area contributed by atoms with E-state index in [1.165, 1.54) is 47.1 Å². The standard InChI is InChI=1S/C28H38N4OS/c1-19(2)29-20(3)30-22-12-10-21(11-13-22)27-28(31(4)5)25-15-14-24(33-16-17-34-6)18-26(25)32(27)23-8-7-9-23/h10-15,18-19,23,29-30H,3,7-9,16-17H2,1-2,4-6H3. The van der Waals surface area contributed by atoms with Gasteiger partial charge >= 0.3 is 0 Å². The quantitative estimate of drug-likeness (QED) is 0.299.